The molecule has 1 aliphatic heterocycles. The minimum absolute atomic E-state index is 0.641. The summed E-state index contributed by atoms with van der Waals surface area (Å²) in [5.74, 6) is 1.18. The number of nitrogens with zero attached hydrogens (tertiary/aromatic N) is 1. The zero-order valence-corrected chi connectivity index (χ0v) is 8.10. The van der Waals surface area contributed by atoms with Crippen molar-refractivity contribution in [3.05, 3.63) is 0 Å². The van der Waals surface area contributed by atoms with Crippen LogP contribution in [0.3, 0.4) is 0 Å². The molecule has 0 aromatic carbocycles. The topological polar surface area (TPSA) is 3.24 Å². The van der Waals surface area contributed by atoms with E-state index in [0.717, 1.165) is 10.9 Å². The number of thiocarbonyl (C=S) groups is 1. The molecule has 1 rings (SSSR count). The fourth-order valence-corrected chi connectivity index (χ4v) is 2.45. The zero-order chi connectivity index (χ0) is 7.56. The lowest BCUT2D eigenvalue weighted by Crippen LogP contribution is -2.32. The second-order valence-electron chi connectivity index (χ2n) is 2.57. The molecule has 0 aromatic rings. The van der Waals surface area contributed by atoms with Crippen LogP contribution in [0.5, 0.6) is 0 Å². The summed E-state index contributed by atoms with van der Waals surface area (Å²) in [6, 6.07) is 0.641. The van der Waals surface area contributed by atoms with E-state index in [1.165, 1.54) is 12.2 Å². The Morgan fingerprint density at radius 2 is 2.50 bits per heavy atom. The first-order valence-electron chi connectivity index (χ1n) is 3.69. The maximum atomic E-state index is 5.17. The summed E-state index contributed by atoms with van der Waals surface area (Å²) in [6.07, 6.45) is 1.20. The van der Waals surface area contributed by atoms with Crippen LogP contribution in [0.25, 0.3) is 0 Å². The highest BCUT2D eigenvalue weighted by molar-refractivity contribution is 8.23. The van der Waals surface area contributed by atoms with E-state index in [1.54, 1.807) is 11.8 Å². The quantitative estimate of drug-likeness (QED) is 0.592. The molecule has 1 fully saturated rings. The molecular formula is C7H13NS2. The molecule has 0 N–H and O–H groups in total. The van der Waals surface area contributed by atoms with Crippen LogP contribution in [-0.4, -0.2) is 27.6 Å². The van der Waals surface area contributed by atoms with Gasteiger partial charge in [-0.2, -0.15) is 0 Å². The normalized spacial score (nSPS) is 21.8. The van der Waals surface area contributed by atoms with Gasteiger partial charge in [0, 0.05) is 18.3 Å². The maximum absolute atomic E-state index is 5.17. The van der Waals surface area contributed by atoms with Gasteiger partial charge in [-0.25, -0.2) is 0 Å². The predicted molar refractivity (Wildman–Crippen MR) is 51.5 cm³/mol. The molecule has 0 aliphatic carbocycles. The van der Waals surface area contributed by atoms with Gasteiger partial charge in [0.05, 0.1) is 0 Å². The summed E-state index contributed by atoms with van der Waals surface area (Å²) < 4.78 is 1.09. The van der Waals surface area contributed by atoms with Gasteiger partial charge in [0.25, 0.3) is 0 Å². The third-order valence-corrected chi connectivity index (χ3v) is 3.37. The SMILES string of the molecule is CCC(C)N1CCSC1=S. The van der Waals surface area contributed by atoms with Crippen molar-refractivity contribution in [1.82, 2.24) is 4.90 Å². The Hall–Kier alpha value is 0.240. The van der Waals surface area contributed by atoms with Crippen molar-refractivity contribution >= 4 is 28.3 Å². The highest BCUT2D eigenvalue weighted by atomic mass is 32.2. The minimum Gasteiger partial charge on any atom is -0.354 e. The standard InChI is InChI=1S/C7H13NS2/c1-3-6(2)8-4-5-10-7(8)9/h6H,3-5H2,1-2H3. The Kier molecular flexibility index (Phi) is 2.98. The van der Waals surface area contributed by atoms with E-state index >= 15 is 0 Å². The smallest absolute Gasteiger partial charge is 0.136 e. The molecule has 0 aromatic heterocycles. The molecular weight excluding hydrogens is 162 g/mol. The lowest BCUT2D eigenvalue weighted by atomic mass is 10.2. The Bertz CT molecular complexity index is 136. The molecule has 1 heterocycles. The van der Waals surface area contributed by atoms with E-state index in [2.05, 4.69) is 18.7 Å². The maximum Gasteiger partial charge on any atom is 0.136 e. The summed E-state index contributed by atoms with van der Waals surface area (Å²) in [6.45, 7) is 5.59. The van der Waals surface area contributed by atoms with Crippen molar-refractivity contribution < 1.29 is 0 Å². The summed E-state index contributed by atoms with van der Waals surface area (Å²) >= 11 is 6.98. The molecule has 1 unspecified atom stereocenters. The molecule has 3 heteroatoms. The molecule has 1 saturated heterocycles. The first kappa shape index (κ1) is 8.34. The molecule has 0 radical (unpaired) electrons. The van der Waals surface area contributed by atoms with E-state index in [-0.39, 0.29) is 0 Å². The zero-order valence-electron chi connectivity index (χ0n) is 6.46. The number of thioether (sulfide) groups is 1. The number of rotatable bonds is 2. The van der Waals surface area contributed by atoms with Gasteiger partial charge in [0.15, 0.2) is 0 Å². The van der Waals surface area contributed by atoms with Crippen LogP contribution in [0.1, 0.15) is 20.3 Å². The Morgan fingerprint density at radius 3 is 2.90 bits per heavy atom. The Balaban J connectivity index is 2.46. The summed E-state index contributed by atoms with van der Waals surface area (Å²) in [4.78, 5) is 2.32. The van der Waals surface area contributed by atoms with Gasteiger partial charge in [-0.3, -0.25) is 0 Å². The molecule has 1 atom stereocenters. The molecule has 58 valence electrons. The minimum atomic E-state index is 0.641. The van der Waals surface area contributed by atoms with Crippen LogP contribution in [-0.2, 0) is 0 Å². The fraction of sp³-hybridized carbons (Fsp3) is 0.857. The predicted octanol–water partition coefficient (Wildman–Crippen LogP) is 2.12. The average molecular weight is 175 g/mol. The fourth-order valence-electron chi connectivity index (χ4n) is 1.03. The van der Waals surface area contributed by atoms with E-state index < -0.39 is 0 Å². The average Bonchev–Trinajstić information content (AvgIpc) is 2.34. The van der Waals surface area contributed by atoms with Crippen molar-refractivity contribution in [2.24, 2.45) is 0 Å². The molecule has 0 amide bonds. The summed E-state index contributed by atoms with van der Waals surface area (Å²) in [7, 11) is 0. The largest absolute Gasteiger partial charge is 0.354 e. The third kappa shape index (κ3) is 1.64. The van der Waals surface area contributed by atoms with E-state index in [1.807, 2.05) is 0 Å². The Morgan fingerprint density at radius 1 is 1.80 bits per heavy atom. The molecule has 1 aliphatic rings. The number of hydrogen-bond donors (Lipinski definition) is 0. The lowest BCUT2D eigenvalue weighted by Gasteiger charge is -2.23. The monoisotopic (exact) mass is 175 g/mol. The lowest BCUT2D eigenvalue weighted by molar-refractivity contribution is 0.357. The van der Waals surface area contributed by atoms with Gasteiger partial charge in [0.2, 0.25) is 0 Å². The highest BCUT2D eigenvalue weighted by Crippen LogP contribution is 2.21. The highest BCUT2D eigenvalue weighted by Gasteiger charge is 2.20. The van der Waals surface area contributed by atoms with E-state index in [0.29, 0.717) is 6.04 Å². The summed E-state index contributed by atoms with van der Waals surface area (Å²) in [5.41, 5.74) is 0. The van der Waals surface area contributed by atoms with Gasteiger partial charge >= 0.3 is 0 Å². The van der Waals surface area contributed by atoms with E-state index in [4.69, 9.17) is 12.2 Å². The van der Waals surface area contributed by atoms with Gasteiger partial charge in [-0.15, -0.1) is 0 Å². The second kappa shape index (κ2) is 3.58. The van der Waals surface area contributed by atoms with Crippen molar-refractivity contribution in [1.29, 1.82) is 0 Å². The van der Waals surface area contributed by atoms with Crippen molar-refractivity contribution in [2.45, 2.75) is 26.3 Å². The van der Waals surface area contributed by atoms with E-state index in [9.17, 15) is 0 Å². The van der Waals surface area contributed by atoms with Crippen LogP contribution in [0.15, 0.2) is 0 Å². The van der Waals surface area contributed by atoms with Gasteiger partial charge in [-0.1, -0.05) is 30.9 Å². The Labute approximate surface area is 72.2 Å². The second-order valence-corrected chi connectivity index (χ2v) is 4.29. The van der Waals surface area contributed by atoms with Crippen LogP contribution < -0.4 is 0 Å². The van der Waals surface area contributed by atoms with Crippen LogP contribution in [0.4, 0.5) is 0 Å². The third-order valence-electron chi connectivity index (χ3n) is 1.92. The first-order chi connectivity index (χ1) is 4.75. The van der Waals surface area contributed by atoms with Crippen molar-refractivity contribution in [2.75, 3.05) is 12.3 Å². The van der Waals surface area contributed by atoms with Gasteiger partial charge in [0.1, 0.15) is 4.32 Å². The number of hydrogen-bond acceptors (Lipinski definition) is 2. The summed E-state index contributed by atoms with van der Waals surface area (Å²) in [5, 5.41) is 0. The molecule has 10 heavy (non-hydrogen) atoms. The first-order valence-corrected chi connectivity index (χ1v) is 5.08. The van der Waals surface area contributed by atoms with Crippen molar-refractivity contribution in [3.63, 3.8) is 0 Å². The van der Waals surface area contributed by atoms with Crippen LogP contribution in [0.2, 0.25) is 0 Å². The molecule has 0 saturated carbocycles. The van der Waals surface area contributed by atoms with Gasteiger partial charge < -0.3 is 4.90 Å². The van der Waals surface area contributed by atoms with Crippen LogP contribution in [0, 0.1) is 0 Å². The molecule has 0 spiro atoms. The van der Waals surface area contributed by atoms with Crippen molar-refractivity contribution in [3.8, 4) is 0 Å². The molecule has 1 nitrogen and oxygen atoms in total. The molecule has 0 bridgehead atoms. The van der Waals surface area contributed by atoms with Crippen LogP contribution >= 0.6 is 24.0 Å². The van der Waals surface area contributed by atoms with Gasteiger partial charge in [-0.05, 0) is 13.3 Å².